The number of hydrogen-bond donors (Lipinski definition) is 2. The van der Waals surface area contributed by atoms with Crippen molar-refractivity contribution in [2.24, 2.45) is 11.8 Å². The second-order valence-electron chi connectivity index (χ2n) is 9.08. The number of nitrogens with zero attached hydrogens (tertiary/aromatic N) is 2. The lowest BCUT2D eigenvalue weighted by Crippen LogP contribution is -2.48. The van der Waals surface area contributed by atoms with Crippen LogP contribution in [0.4, 0.5) is 15.8 Å². The molecule has 1 aliphatic carbocycles. The fourth-order valence-electron chi connectivity index (χ4n) is 4.89. The number of piperidine rings is 2. The molecule has 3 N–H and O–H groups in total. The molecule has 7 heteroatoms. The minimum atomic E-state index is -0.241. The number of halogens is 1. The van der Waals surface area contributed by atoms with Crippen molar-refractivity contribution < 1.29 is 9.18 Å². The summed E-state index contributed by atoms with van der Waals surface area (Å²) in [6.45, 7) is 6.24. The zero-order valence-electron chi connectivity index (χ0n) is 17.8. The Morgan fingerprint density at radius 2 is 2.03 bits per heavy atom. The van der Waals surface area contributed by atoms with Gasteiger partial charge < -0.3 is 16.0 Å². The van der Waals surface area contributed by atoms with E-state index in [2.05, 4.69) is 15.2 Å². The van der Waals surface area contributed by atoms with Crippen molar-refractivity contribution >= 4 is 38.8 Å². The molecule has 5 nitrogen and oxygen atoms in total. The molecule has 31 heavy (non-hydrogen) atoms. The molecule has 3 aliphatic rings. The summed E-state index contributed by atoms with van der Waals surface area (Å²) >= 11 is 1.29. The van der Waals surface area contributed by atoms with Crippen LogP contribution in [0.25, 0.3) is 10.2 Å². The number of nitrogens with two attached hydrogens (primary N) is 1. The summed E-state index contributed by atoms with van der Waals surface area (Å²) in [5.41, 5.74) is 9.10. The Balaban J connectivity index is 1.25. The SMILES string of the molecule is Cc1ccc2c(N)c(C(=O)NC[C@@H](C)c3ccc(N4CC5CC(C5)C4)cc3F)sc2n1. The largest absolute Gasteiger partial charge is 0.397 e. The van der Waals surface area contributed by atoms with E-state index in [0.717, 1.165) is 46.5 Å². The average Bonchev–Trinajstić information content (AvgIpc) is 3.07. The Morgan fingerprint density at radius 1 is 1.29 bits per heavy atom. The monoisotopic (exact) mass is 438 g/mol. The lowest BCUT2D eigenvalue weighted by molar-refractivity contribution is 0.0956. The van der Waals surface area contributed by atoms with Gasteiger partial charge in [-0.2, -0.15) is 0 Å². The van der Waals surface area contributed by atoms with Crippen LogP contribution in [-0.2, 0) is 0 Å². The Labute approximate surface area is 185 Å². The molecule has 2 bridgehead atoms. The third-order valence-corrected chi connectivity index (χ3v) is 7.79. The molecule has 2 saturated heterocycles. The molecule has 0 unspecified atom stereocenters. The summed E-state index contributed by atoms with van der Waals surface area (Å²) in [5, 5.41) is 3.71. The van der Waals surface area contributed by atoms with Gasteiger partial charge in [0.05, 0.1) is 5.69 Å². The number of benzene rings is 1. The Hall–Kier alpha value is -2.67. The van der Waals surface area contributed by atoms with Gasteiger partial charge in [0.15, 0.2) is 0 Å². The zero-order chi connectivity index (χ0) is 21.7. The van der Waals surface area contributed by atoms with Gasteiger partial charge >= 0.3 is 0 Å². The van der Waals surface area contributed by atoms with Crippen molar-refractivity contribution in [3.63, 3.8) is 0 Å². The number of amides is 1. The first-order valence-corrected chi connectivity index (χ1v) is 11.7. The predicted octanol–water partition coefficient (Wildman–Crippen LogP) is 4.71. The van der Waals surface area contributed by atoms with Gasteiger partial charge in [-0.15, -0.1) is 11.3 Å². The van der Waals surface area contributed by atoms with Crippen LogP contribution < -0.4 is 16.0 Å². The Kier molecular flexibility index (Phi) is 5.08. The first-order chi connectivity index (χ1) is 14.9. The second kappa shape index (κ2) is 7.79. The van der Waals surface area contributed by atoms with Gasteiger partial charge in [0.2, 0.25) is 0 Å². The van der Waals surface area contributed by atoms with Gasteiger partial charge in [-0.1, -0.05) is 13.0 Å². The van der Waals surface area contributed by atoms with Crippen molar-refractivity contribution in [1.82, 2.24) is 10.3 Å². The third-order valence-electron chi connectivity index (χ3n) is 6.68. The molecular weight excluding hydrogens is 411 g/mol. The van der Waals surface area contributed by atoms with E-state index in [9.17, 15) is 9.18 Å². The molecule has 1 amide bonds. The molecule has 3 fully saturated rings. The predicted molar refractivity (Wildman–Crippen MR) is 124 cm³/mol. The van der Waals surface area contributed by atoms with E-state index in [1.54, 1.807) is 6.07 Å². The van der Waals surface area contributed by atoms with Crippen LogP contribution in [-0.4, -0.2) is 30.5 Å². The second-order valence-corrected chi connectivity index (χ2v) is 10.1. The summed E-state index contributed by atoms with van der Waals surface area (Å²) in [6.07, 6.45) is 2.65. The first-order valence-electron chi connectivity index (χ1n) is 10.9. The van der Waals surface area contributed by atoms with Crippen molar-refractivity contribution in [1.29, 1.82) is 0 Å². The number of rotatable bonds is 5. The number of anilines is 2. The number of nitrogens with one attached hydrogen (secondary N) is 1. The fourth-order valence-corrected chi connectivity index (χ4v) is 5.94. The van der Waals surface area contributed by atoms with Crippen LogP contribution in [0.1, 0.15) is 46.6 Å². The number of fused-ring (bicyclic) bond motifs is 3. The molecule has 0 radical (unpaired) electrons. The van der Waals surface area contributed by atoms with Gasteiger partial charge in [0, 0.05) is 42.3 Å². The number of aromatic nitrogens is 1. The van der Waals surface area contributed by atoms with Crippen molar-refractivity contribution in [2.75, 3.05) is 30.3 Å². The van der Waals surface area contributed by atoms with E-state index < -0.39 is 0 Å². The number of nitrogen functional groups attached to an aromatic ring is 1. The van der Waals surface area contributed by atoms with Crippen molar-refractivity contribution in [3.05, 3.63) is 52.3 Å². The van der Waals surface area contributed by atoms with Crippen molar-refractivity contribution in [3.8, 4) is 0 Å². The van der Waals surface area contributed by atoms with E-state index in [1.165, 1.54) is 24.2 Å². The average molecular weight is 439 g/mol. The Morgan fingerprint density at radius 3 is 2.74 bits per heavy atom. The number of aryl methyl sites for hydroxylation is 1. The van der Waals surface area contributed by atoms with Gasteiger partial charge in [-0.25, -0.2) is 9.37 Å². The maximum Gasteiger partial charge on any atom is 0.263 e. The molecular formula is C24H27FN4OS. The molecule has 2 aromatic heterocycles. The molecule has 3 aromatic rings. The molecule has 162 valence electrons. The third kappa shape index (κ3) is 3.76. The zero-order valence-corrected chi connectivity index (χ0v) is 18.6. The molecule has 1 atom stereocenters. The normalized spacial score (nSPS) is 21.1. The minimum absolute atomic E-state index is 0.149. The number of hydrogen-bond acceptors (Lipinski definition) is 5. The molecule has 1 saturated carbocycles. The van der Waals surface area contributed by atoms with Crippen molar-refractivity contribution in [2.45, 2.75) is 32.6 Å². The fraction of sp³-hybridized carbons (Fsp3) is 0.417. The van der Waals surface area contributed by atoms with Gasteiger partial charge in [0.1, 0.15) is 15.5 Å². The summed E-state index contributed by atoms with van der Waals surface area (Å²) in [5.74, 6) is 0.949. The molecule has 0 spiro atoms. The van der Waals surface area contributed by atoms with Crippen LogP contribution in [0.3, 0.4) is 0 Å². The molecule has 1 aromatic carbocycles. The Bertz CT molecular complexity index is 1140. The highest BCUT2D eigenvalue weighted by molar-refractivity contribution is 7.21. The maximum absolute atomic E-state index is 14.9. The lowest BCUT2D eigenvalue weighted by Gasteiger charge is -2.48. The summed E-state index contributed by atoms with van der Waals surface area (Å²) in [7, 11) is 0. The number of carbonyl (C=O) groups is 1. The minimum Gasteiger partial charge on any atom is -0.397 e. The van der Waals surface area contributed by atoms with Gasteiger partial charge in [0.25, 0.3) is 5.91 Å². The van der Waals surface area contributed by atoms with E-state index in [4.69, 9.17) is 5.73 Å². The molecule has 4 heterocycles. The topological polar surface area (TPSA) is 71.2 Å². The van der Waals surface area contributed by atoms with Gasteiger partial charge in [-0.05, 0) is 61.4 Å². The highest BCUT2D eigenvalue weighted by Crippen LogP contribution is 2.41. The number of thiophene rings is 1. The summed E-state index contributed by atoms with van der Waals surface area (Å²) in [6, 6.07) is 9.30. The number of pyridine rings is 1. The van der Waals surface area contributed by atoms with Crippen LogP contribution >= 0.6 is 11.3 Å². The standard InChI is InChI=1S/C24H27FN4OS/c1-13(10-27-23(30)22-21(26)19-5-3-14(2)28-24(19)31-22)18-6-4-17(9-20(18)25)29-11-15-7-16(8-15)12-29/h3-6,9,13,15-16H,7-8,10-12,26H2,1-2H3,(H,27,30)/t13-,15?,16?/m1/s1. The maximum atomic E-state index is 14.9. The van der Waals surface area contributed by atoms with Crippen LogP contribution in [0.15, 0.2) is 30.3 Å². The van der Waals surface area contributed by atoms with E-state index >= 15 is 0 Å². The highest BCUT2D eigenvalue weighted by Gasteiger charge is 2.37. The summed E-state index contributed by atoms with van der Waals surface area (Å²) < 4.78 is 14.9. The van der Waals surface area contributed by atoms with E-state index in [0.29, 0.717) is 22.7 Å². The lowest BCUT2D eigenvalue weighted by atomic mass is 9.71. The highest BCUT2D eigenvalue weighted by atomic mass is 32.1. The quantitative estimate of drug-likeness (QED) is 0.605. The van der Waals surface area contributed by atoms with E-state index in [-0.39, 0.29) is 17.6 Å². The number of carbonyl (C=O) groups excluding carboxylic acids is 1. The summed E-state index contributed by atoms with van der Waals surface area (Å²) in [4.78, 5) is 20.7. The van der Waals surface area contributed by atoms with Gasteiger partial charge in [-0.3, -0.25) is 4.79 Å². The first kappa shape index (κ1) is 20.2. The smallest absolute Gasteiger partial charge is 0.263 e. The molecule has 2 aliphatic heterocycles. The van der Waals surface area contributed by atoms with Crippen LogP contribution in [0.2, 0.25) is 0 Å². The van der Waals surface area contributed by atoms with Crippen LogP contribution in [0, 0.1) is 24.6 Å². The molecule has 6 rings (SSSR count). The van der Waals surface area contributed by atoms with Crippen LogP contribution in [0.5, 0.6) is 0 Å². The van der Waals surface area contributed by atoms with E-state index in [1.807, 2.05) is 38.1 Å².